The van der Waals surface area contributed by atoms with E-state index in [4.69, 9.17) is 15.2 Å². The molecular formula is C17H19N3O3. The summed E-state index contributed by atoms with van der Waals surface area (Å²) in [7, 11) is 0. The molecule has 3 heterocycles. The van der Waals surface area contributed by atoms with E-state index in [0.717, 1.165) is 12.0 Å². The van der Waals surface area contributed by atoms with Crippen LogP contribution >= 0.6 is 0 Å². The van der Waals surface area contributed by atoms with Crippen LogP contribution in [0.1, 0.15) is 23.7 Å². The fraction of sp³-hybridized carbons (Fsp3) is 0.353. The van der Waals surface area contributed by atoms with Gasteiger partial charge in [0.05, 0.1) is 31.1 Å². The molecular weight excluding hydrogens is 294 g/mol. The molecule has 0 aromatic carbocycles. The first-order valence-electron chi connectivity index (χ1n) is 7.57. The Morgan fingerprint density at radius 1 is 1.35 bits per heavy atom. The van der Waals surface area contributed by atoms with Crippen molar-refractivity contribution in [3.8, 4) is 16.9 Å². The number of rotatable bonds is 5. The standard InChI is InChI=1S/C17H19N3O3/c1-11-6-12(9-22-11)10-23-15-8-20-7-14(17(18)21)16(15)13-2-4-19-5-3-13/h2-5,7-8,11-12H,6,9-10H2,1H3,(H2,18,21)/t11-,12+/m1/s1. The van der Waals surface area contributed by atoms with Crippen molar-refractivity contribution in [3.05, 3.63) is 42.5 Å². The van der Waals surface area contributed by atoms with Crippen LogP contribution < -0.4 is 10.5 Å². The maximum atomic E-state index is 11.7. The summed E-state index contributed by atoms with van der Waals surface area (Å²) in [5.74, 6) is 0.354. The zero-order chi connectivity index (χ0) is 16.2. The number of nitrogens with zero attached hydrogens (tertiary/aromatic N) is 2. The van der Waals surface area contributed by atoms with Gasteiger partial charge in [0.1, 0.15) is 5.75 Å². The molecule has 0 unspecified atom stereocenters. The van der Waals surface area contributed by atoms with E-state index in [9.17, 15) is 4.79 Å². The van der Waals surface area contributed by atoms with Crippen molar-refractivity contribution >= 4 is 5.91 Å². The second-order valence-corrected chi connectivity index (χ2v) is 5.72. The van der Waals surface area contributed by atoms with Gasteiger partial charge in [0.15, 0.2) is 0 Å². The maximum Gasteiger partial charge on any atom is 0.251 e. The molecule has 1 saturated heterocycles. The highest BCUT2D eigenvalue weighted by molar-refractivity contribution is 6.01. The van der Waals surface area contributed by atoms with E-state index in [0.29, 0.717) is 36.0 Å². The van der Waals surface area contributed by atoms with Crippen LogP contribution in [0.5, 0.6) is 5.75 Å². The predicted octanol–water partition coefficient (Wildman–Crippen LogP) is 2.05. The van der Waals surface area contributed by atoms with E-state index in [-0.39, 0.29) is 6.10 Å². The molecule has 120 valence electrons. The van der Waals surface area contributed by atoms with Crippen molar-refractivity contribution < 1.29 is 14.3 Å². The zero-order valence-corrected chi connectivity index (χ0v) is 12.9. The van der Waals surface area contributed by atoms with Crippen molar-refractivity contribution in [1.29, 1.82) is 0 Å². The van der Waals surface area contributed by atoms with Gasteiger partial charge in [0.2, 0.25) is 0 Å². The van der Waals surface area contributed by atoms with Crippen LogP contribution in [-0.2, 0) is 4.74 Å². The van der Waals surface area contributed by atoms with Gasteiger partial charge in [0, 0.05) is 30.1 Å². The molecule has 6 heteroatoms. The lowest BCUT2D eigenvalue weighted by Gasteiger charge is -2.15. The minimum atomic E-state index is -0.535. The Balaban J connectivity index is 1.90. The molecule has 1 aliphatic heterocycles. The second-order valence-electron chi connectivity index (χ2n) is 5.72. The number of carbonyl (C=O) groups is 1. The maximum absolute atomic E-state index is 11.7. The highest BCUT2D eigenvalue weighted by Crippen LogP contribution is 2.33. The highest BCUT2D eigenvalue weighted by atomic mass is 16.5. The average molecular weight is 313 g/mol. The number of primary amides is 1. The molecule has 2 aromatic heterocycles. The normalized spacial score (nSPS) is 20.4. The Kier molecular flexibility index (Phi) is 4.52. The van der Waals surface area contributed by atoms with Crippen LogP contribution in [0.25, 0.3) is 11.1 Å². The molecule has 0 saturated carbocycles. The fourth-order valence-corrected chi connectivity index (χ4v) is 2.78. The van der Waals surface area contributed by atoms with Crippen molar-refractivity contribution in [3.63, 3.8) is 0 Å². The minimum absolute atomic E-state index is 0.262. The van der Waals surface area contributed by atoms with E-state index in [1.54, 1.807) is 18.6 Å². The third-order valence-electron chi connectivity index (χ3n) is 3.90. The van der Waals surface area contributed by atoms with Crippen LogP contribution in [-0.4, -0.2) is 35.2 Å². The third-order valence-corrected chi connectivity index (χ3v) is 3.90. The van der Waals surface area contributed by atoms with Crippen LogP contribution in [0, 0.1) is 5.92 Å². The smallest absolute Gasteiger partial charge is 0.251 e. The quantitative estimate of drug-likeness (QED) is 0.912. The minimum Gasteiger partial charge on any atom is -0.491 e. The Morgan fingerprint density at radius 3 is 2.78 bits per heavy atom. The number of nitrogens with two attached hydrogens (primary N) is 1. The van der Waals surface area contributed by atoms with E-state index in [1.165, 1.54) is 6.20 Å². The first-order valence-corrected chi connectivity index (χ1v) is 7.57. The van der Waals surface area contributed by atoms with Crippen molar-refractivity contribution in [1.82, 2.24) is 9.97 Å². The van der Waals surface area contributed by atoms with Gasteiger partial charge in [-0.25, -0.2) is 0 Å². The van der Waals surface area contributed by atoms with Gasteiger partial charge in [-0.3, -0.25) is 14.8 Å². The number of ether oxygens (including phenoxy) is 2. The summed E-state index contributed by atoms with van der Waals surface area (Å²) in [4.78, 5) is 19.8. The summed E-state index contributed by atoms with van der Waals surface area (Å²) < 4.78 is 11.5. The Morgan fingerprint density at radius 2 is 2.13 bits per heavy atom. The van der Waals surface area contributed by atoms with Gasteiger partial charge < -0.3 is 15.2 Å². The van der Waals surface area contributed by atoms with Gasteiger partial charge in [0.25, 0.3) is 5.91 Å². The highest BCUT2D eigenvalue weighted by Gasteiger charge is 2.24. The number of hydrogen-bond donors (Lipinski definition) is 1. The topological polar surface area (TPSA) is 87.3 Å². The first kappa shape index (κ1) is 15.4. The lowest BCUT2D eigenvalue weighted by molar-refractivity contribution is 0.0999. The van der Waals surface area contributed by atoms with Crippen LogP contribution in [0.2, 0.25) is 0 Å². The van der Waals surface area contributed by atoms with Crippen LogP contribution in [0.3, 0.4) is 0 Å². The second kappa shape index (κ2) is 6.75. The van der Waals surface area contributed by atoms with E-state index >= 15 is 0 Å². The lowest BCUT2D eigenvalue weighted by Crippen LogP contribution is -2.16. The monoisotopic (exact) mass is 313 g/mol. The summed E-state index contributed by atoms with van der Waals surface area (Å²) in [6.07, 6.45) is 7.63. The molecule has 2 aromatic rings. The molecule has 1 amide bonds. The molecule has 0 spiro atoms. The first-order chi connectivity index (χ1) is 11.1. The van der Waals surface area contributed by atoms with Gasteiger partial charge in [-0.2, -0.15) is 0 Å². The summed E-state index contributed by atoms with van der Waals surface area (Å²) in [6.45, 7) is 3.26. The van der Waals surface area contributed by atoms with Gasteiger partial charge in [-0.1, -0.05) is 0 Å². The van der Waals surface area contributed by atoms with Crippen molar-refractivity contribution in [2.75, 3.05) is 13.2 Å². The van der Waals surface area contributed by atoms with E-state index in [1.807, 2.05) is 12.1 Å². The number of amides is 1. The molecule has 1 aliphatic rings. The molecule has 1 fully saturated rings. The summed E-state index contributed by atoms with van der Waals surface area (Å²) in [5.41, 5.74) is 7.30. The molecule has 2 N–H and O–H groups in total. The summed E-state index contributed by atoms with van der Waals surface area (Å²) in [6, 6.07) is 3.63. The van der Waals surface area contributed by atoms with Crippen LogP contribution in [0.15, 0.2) is 36.9 Å². The largest absolute Gasteiger partial charge is 0.491 e. The third kappa shape index (κ3) is 3.48. The van der Waals surface area contributed by atoms with Crippen molar-refractivity contribution in [2.24, 2.45) is 11.7 Å². The lowest BCUT2D eigenvalue weighted by atomic mass is 10.0. The Labute approximate surface area is 134 Å². The molecule has 0 aliphatic carbocycles. The summed E-state index contributed by atoms with van der Waals surface area (Å²) in [5, 5.41) is 0. The molecule has 3 rings (SSSR count). The van der Waals surface area contributed by atoms with Gasteiger partial charge >= 0.3 is 0 Å². The molecule has 2 atom stereocenters. The van der Waals surface area contributed by atoms with Gasteiger partial charge in [-0.05, 0) is 31.0 Å². The Hall–Kier alpha value is -2.47. The zero-order valence-electron chi connectivity index (χ0n) is 12.9. The number of pyridine rings is 2. The number of aromatic nitrogens is 2. The van der Waals surface area contributed by atoms with E-state index < -0.39 is 5.91 Å². The molecule has 0 bridgehead atoms. The SMILES string of the molecule is C[C@@H]1C[C@H](COc2cncc(C(N)=O)c2-c2ccncc2)CO1. The number of carbonyl (C=O) groups excluding carboxylic acids is 1. The summed E-state index contributed by atoms with van der Waals surface area (Å²) >= 11 is 0. The van der Waals surface area contributed by atoms with Crippen molar-refractivity contribution in [2.45, 2.75) is 19.4 Å². The van der Waals surface area contributed by atoms with E-state index in [2.05, 4.69) is 16.9 Å². The Bertz CT molecular complexity index is 691. The number of hydrogen-bond acceptors (Lipinski definition) is 5. The predicted molar refractivity (Wildman–Crippen MR) is 85.0 cm³/mol. The van der Waals surface area contributed by atoms with Gasteiger partial charge in [-0.15, -0.1) is 0 Å². The van der Waals surface area contributed by atoms with Crippen LogP contribution in [0.4, 0.5) is 0 Å². The average Bonchev–Trinajstić information content (AvgIpc) is 2.98. The molecule has 0 radical (unpaired) electrons. The fourth-order valence-electron chi connectivity index (χ4n) is 2.78. The molecule has 23 heavy (non-hydrogen) atoms. The molecule has 6 nitrogen and oxygen atoms in total.